The highest BCUT2D eigenvalue weighted by atomic mass is 32.2. The maximum atomic E-state index is 14.1. The van der Waals surface area contributed by atoms with E-state index in [0.29, 0.717) is 40.4 Å². The molecular weight excluding hydrogens is 502 g/mol. The number of sulfonamides is 1. The van der Waals surface area contributed by atoms with Gasteiger partial charge in [-0.15, -0.1) is 0 Å². The second kappa shape index (κ2) is 10.8. The highest BCUT2D eigenvalue weighted by Gasteiger charge is 2.29. The van der Waals surface area contributed by atoms with Crippen LogP contribution in [-0.4, -0.2) is 32.5 Å². The number of carbonyl (C=O) groups excluding carboxylic acids is 1. The molecule has 9 heteroatoms. The Labute approximate surface area is 220 Å². The molecule has 0 unspecified atom stereocenters. The van der Waals surface area contributed by atoms with E-state index in [2.05, 4.69) is 10.3 Å². The fourth-order valence-electron chi connectivity index (χ4n) is 4.16. The Kier molecular flexibility index (Phi) is 7.10. The molecule has 192 valence electrons. The SMILES string of the molecule is CCOc1ccc(NC(=O)CN(c2cccc(-c3cnco3)c2)S(=O)(=O)c2cccc3ccccc23)cc1. The summed E-state index contributed by atoms with van der Waals surface area (Å²) in [5, 5.41) is 4.13. The topological polar surface area (TPSA) is 102 Å². The molecular formula is C29H25N3O5S. The van der Waals surface area contributed by atoms with Gasteiger partial charge in [-0.25, -0.2) is 13.4 Å². The first-order valence-electron chi connectivity index (χ1n) is 12.0. The van der Waals surface area contributed by atoms with E-state index in [-0.39, 0.29) is 4.90 Å². The van der Waals surface area contributed by atoms with E-state index in [0.717, 1.165) is 9.69 Å². The van der Waals surface area contributed by atoms with Crippen LogP contribution in [0, 0.1) is 0 Å². The Bertz CT molecular complexity index is 1660. The monoisotopic (exact) mass is 527 g/mol. The van der Waals surface area contributed by atoms with Crippen molar-refractivity contribution in [2.75, 3.05) is 22.8 Å². The quantitative estimate of drug-likeness (QED) is 0.263. The lowest BCUT2D eigenvalue weighted by Crippen LogP contribution is -2.38. The maximum Gasteiger partial charge on any atom is 0.265 e. The number of fused-ring (bicyclic) bond motifs is 1. The number of rotatable bonds is 9. The zero-order valence-electron chi connectivity index (χ0n) is 20.6. The number of anilines is 2. The van der Waals surface area contributed by atoms with Crippen LogP contribution >= 0.6 is 0 Å². The minimum atomic E-state index is -4.16. The predicted octanol–water partition coefficient (Wildman–Crippen LogP) is 5.73. The molecule has 0 aliphatic carbocycles. The molecule has 0 radical (unpaired) electrons. The molecule has 1 aromatic heterocycles. The Morgan fingerprint density at radius 3 is 2.50 bits per heavy atom. The van der Waals surface area contributed by atoms with Crippen molar-refractivity contribution in [3.63, 3.8) is 0 Å². The van der Waals surface area contributed by atoms with E-state index >= 15 is 0 Å². The molecule has 0 spiro atoms. The zero-order valence-corrected chi connectivity index (χ0v) is 21.4. The number of hydrogen-bond donors (Lipinski definition) is 1. The maximum absolute atomic E-state index is 14.1. The third-order valence-corrected chi connectivity index (χ3v) is 7.74. The van der Waals surface area contributed by atoms with Gasteiger partial charge in [0.05, 0.1) is 23.4 Å². The van der Waals surface area contributed by atoms with E-state index in [1.165, 1.54) is 6.39 Å². The van der Waals surface area contributed by atoms with Crippen LogP contribution in [0.15, 0.2) is 113 Å². The Balaban J connectivity index is 1.53. The molecule has 1 heterocycles. The van der Waals surface area contributed by atoms with Crippen molar-refractivity contribution in [2.45, 2.75) is 11.8 Å². The fraction of sp³-hybridized carbons (Fsp3) is 0.103. The second-order valence-corrected chi connectivity index (χ2v) is 10.2. The summed E-state index contributed by atoms with van der Waals surface area (Å²) in [5.74, 6) is 0.658. The van der Waals surface area contributed by atoms with Crippen molar-refractivity contribution in [1.82, 2.24) is 4.98 Å². The van der Waals surface area contributed by atoms with Crippen molar-refractivity contribution < 1.29 is 22.4 Å². The summed E-state index contributed by atoms with van der Waals surface area (Å²) < 4.78 is 40.2. The molecule has 0 saturated heterocycles. The van der Waals surface area contributed by atoms with Crippen LogP contribution in [0.2, 0.25) is 0 Å². The second-order valence-electron chi connectivity index (χ2n) is 8.41. The Morgan fingerprint density at radius 2 is 1.74 bits per heavy atom. The fourth-order valence-corrected chi connectivity index (χ4v) is 5.79. The summed E-state index contributed by atoms with van der Waals surface area (Å²) in [4.78, 5) is 17.2. The van der Waals surface area contributed by atoms with Gasteiger partial charge in [0.15, 0.2) is 12.2 Å². The number of benzene rings is 4. The third-order valence-electron chi connectivity index (χ3n) is 5.90. The van der Waals surface area contributed by atoms with Gasteiger partial charge in [0.1, 0.15) is 12.3 Å². The normalized spacial score (nSPS) is 11.3. The van der Waals surface area contributed by atoms with Crippen molar-refractivity contribution in [2.24, 2.45) is 0 Å². The molecule has 0 atom stereocenters. The van der Waals surface area contributed by atoms with Crippen LogP contribution in [0.3, 0.4) is 0 Å². The molecule has 4 aromatic carbocycles. The van der Waals surface area contributed by atoms with Crippen LogP contribution in [0.5, 0.6) is 5.75 Å². The molecule has 0 aliphatic heterocycles. The highest BCUT2D eigenvalue weighted by molar-refractivity contribution is 7.93. The molecule has 0 bridgehead atoms. The molecule has 0 aliphatic rings. The number of hydrogen-bond acceptors (Lipinski definition) is 6. The van der Waals surface area contributed by atoms with Gasteiger partial charge < -0.3 is 14.5 Å². The molecule has 38 heavy (non-hydrogen) atoms. The summed E-state index contributed by atoms with van der Waals surface area (Å²) in [6, 6.07) is 26.0. The number of ether oxygens (including phenoxy) is 1. The molecule has 0 fully saturated rings. The van der Waals surface area contributed by atoms with Crippen LogP contribution in [-0.2, 0) is 14.8 Å². The number of amides is 1. The lowest BCUT2D eigenvalue weighted by Gasteiger charge is -2.25. The van der Waals surface area contributed by atoms with E-state index in [9.17, 15) is 13.2 Å². The van der Waals surface area contributed by atoms with Crippen molar-refractivity contribution in [1.29, 1.82) is 0 Å². The van der Waals surface area contributed by atoms with Gasteiger partial charge in [-0.05, 0) is 54.8 Å². The number of nitrogens with one attached hydrogen (secondary N) is 1. The summed E-state index contributed by atoms with van der Waals surface area (Å²) in [6.45, 7) is 1.97. The number of carbonyl (C=O) groups is 1. The van der Waals surface area contributed by atoms with Gasteiger partial charge >= 0.3 is 0 Å². The molecule has 8 nitrogen and oxygen atoms in total. The molecule has 1 amide bonds. The third kappa shape index (κ3) is 5.23. The van der Waals surface area contributed by atoms with E-state index in [4.69, 9.17) is 9.15 Å². The summed E-state index contributed by atoms with van der Waals surface area (Å²) in [7, 11) is -4.16. The van der Waals surface area contributed by atoms with Gasteiger partial charge in [-0.1, -0.05) is 48.5 Å². The Hall–Kier alpha value is -4.63. The van der Waals surface area contributed by atoms with Crippen molar-refractivity contribution in [3.05, 3.63) is 104 Å². The van der Waals surface area contributed by atoms with E-state index < -0.39 is 22.5 Å². The lowest BCUT2D eigenvalue weighted by atomic mass is 10.1. The summed E-state index contributed by atoms with van der Waals surface area (Å²) in [6.07, 6.45) is 2.85. The minimum Gasteiger partial charge on any atom is -0.494 e. The van der Waals surface area contributed by atoms with Crippen LogP contribution < -0.4 is 14.4 Å². The first-order chi connectivity index (χ1) is 18.5. The summed E-state index contributed by atoms with van der Waals surface area (Å²) in [5.41, 5.74) is 1.47. The van der Waals surface area contributed by atoms with E-state index in [1.807, 2.05) is 25.1 Å². The standard InChI is InChI=1S/C29H25N3O5S/c1-2-36-25-15-13-23(14-16-25)31-29(33)19-32(24-10-5-9-22(17-24)27-18-30-20-37-27)38(34,35)28-12-6-8-21-7-3-4-11-26(21)28/h3-18,20H,2,19H2,1H3,(H,31,33). The number of aromatic nitrogens is 1. The first kappa shape index (κ1) is 25.0. The van der Waals surface area contributed by atoms with Crippen molar-refractivity contribution in [3.8, 4) is 17.1 Å². The predicted molar refractivity (Wildman–Crippen MR) is 147 cm³/mol. The Morgan fingerprint density at radius 1 is 0.974 bits per heavy atom. The number of oxazole rings is 1. The average Bonchev–Trinajstić information content (AvgIpc) is 3.48. The zero-order chi connectivity index (χ0) is 26.5. The van der Waals surface area contributed by atoms with Gasteiger partial charge in [0, 0.05) is 16.6 Å². The molecule has 5 rings (SSSR count). The van der Waals surface area contributed by atoms with Gasteiger partial charge in [0.2, 0.25) is 5.91 Å². The van der Waals surface area contributed by atoms with E-state index in [1.54, 1.807) is 79.0 Å². The van der Waals surface area contributed by atoms with Crippen molar-refractivity contribution >= 4 is 38.1 Å². The molecule has 5 aromatic rings. The first-order valence-corrected chi connectivity index (χ1v) is 13.4. The average molecular weight is 528 g/mol. The highest BCUT2D eigenvalue weighted by Crippen LogP contribution is 2.31. The van der Waals surface area contributed by atoms with Gasteiger partial charge in [-0.2, -0.15) is 0 Å². The largest absolute Gasteiger partial charge is 0.494 e. The molecule has 1 N–H and O–H groups in total. The van der Waals surface area contributed by atoms with Gasteiger partial charge in [0.25, 0.3) is 10.0 Å². The lowest BCUT2D eigenvalue weighted by molar-refractivity contribution is -0.114. The number of nitrogens with zero attached hydrogens (tertiary/aromatic N) is 2. The minimum absolute atomic E-state index is 0.106. The van der Waals surface area contributed by atoms with Crippen LogP contribution in [0.4, 0.5) is 11.4 Å². The molecule has 0 saturated carbocycles. The summed E-state index contributed by atoms with van der Waals surface area (Å²) >= 11 is 0. The van der Waals surface area contributed by atoms with Crippen LogP contribution in [0.1, 0.15) is 6.92 Å². The smallest absolute Gasteiger partial charge is 0.265 e. The van der Waals surface area contributed by atoms with Crippen LogP contribution in [0.25, 0.3) is 22.1 Å². The van der Waals surface area contributed by atoms with Gasteiger partial charge in [-0.3, -0.25) is 9.10 Å².